The highest BCUT2D eigenvalue weighted by atomic mass is 16.3. The monoisotopic (exact) mass is 341 g/mol. The van der Waals surface area contributed by atoms with E-state index in [-0.39, 0.29) is 18.6 Å². The maximum absolute atomic E-state index is 11.9. The van der Waals surface area contributed by atoms with Crippen molar-refractivity contribution < 1.29 is 9.90 Å². The van der Waals surface area contributed by atoms with Crippen LogP contribution in [0.4, 0.5) is 4.79 Å². The van der Waals surface area contributed by atoms with E-state index in [1.165, 1.54) is 16.7 Å². The zero-order valence-corrected chi connectivity index (χ0v) is 15.0. The van der Waals surface area contributed by atoms with Crippen LogP contribution in [0.15, 0.2) is 42.6 Å². The van der Waals surface area contributed by atoms with E-state index in [0.29, 0.717) is 19.5 Å². The van der Waals surface area contributed by atoms with Crippen LogP contribution in [0.1, 0.15) is 22.4 Å². The van der Waals surface area contributed by atoms with E-state index in [1.54, 1.807) is 6.20 Å². The molecule has 0 spiro atoms. The Morgan fingerprint density at radius 1 is 1.16 bits per heavy atom. The molecule has 1 atom stereocenters. The Bertz CT molecular complexity index is 654. The molecule has 0 aliphatic rings. The summed E-state index contributed by atoms with van der Waals surface area (Å²) < 4.78 is 0. The van der Waals surface area contributed by atoms with Crippen molar-refractivity contribution in [3.8, 4) is 0 Å². The van der Waals surface area contributed by atoms with Crippen molar-refractivity contribution >= 4 is 6.03 Å². The van der Waals surface area contributed by atoms with Gasteiger partial charge in [-0.1, -0.05) is 35.4 Å². The van der Waals surface area contributed by atoms with Crippen LogP contribution in [0.3, 0.4) is 0 Å². The van der Waals surface area contributed by atoms with Crippen LogP contribution < -0.4 is 10.6 Å². The largest absolute Gasteiger partial charge is 0.396 e. The lowest BCUT2D eigenvalue weighted by Crippen LogP contribution is -2.40. The number of aryl methyl sites for hydroxylation is 2. The first-order valence-electron chi connectivity index (χ1n) is 8.66. The Morgan fingerprint density at radius 2 is 1.92 bits per heavy atom. The van der Waals surface area contributed by atoms with Crippen molar-refractivity contribution in [2.45, 2.75) is 26.7 Å². The first kappa shape index (κ1) is 18.9. The number of benzene rings is 1. The van der Waals surface area contributed by atoms with Gasteiger partial charge in [0, 0.05) is 37.5 Å². The molecule has 0 fully saturated rings. The van der Waals surface area contributed by atoms with Crippen LogP contribution >= 0.6 is 0 Å². The molecule has 1 aromatic carbocycles. The number of nitrogens with one attached hydrogen (secondary N) is 2. The van der Waals surface area contributed by atoms with E-state index in [0.717, 1.165) is 12.1 Å². The van der Waals surface area contributed by atoms with E-state index in [1.807, 2.05) is 18.2 Å². The molecule has 0 radical (unpaired) electrons. The lowest BCUT2D eigenvalue weighted by Gasteiger charge is -2.15. The molecular formula is C20H27N3O2. The van der Waals surface area contributed by atoms with Crippen molar-refractivity contribution in [2.75, 3.05) is 19.7 Å². The fraction of sp³-hybridized carbons (Fsp3) is 0.400. The highest BCUT2D eigenvalue weighted by Gasteiger charge is 2.11. The summed E-state index contributed by atoms with van der Waals surface area (Å²) in [6.45, 7) is 5.17. The van der Waals surface area contributed by atoms with Crippen molar-refractivity contribution in [3.05, 3.63) is 65.0 Å². The van der Waals surface area contributed by atoms with Gasteiger partial charge in [0.2, 0.25) is 0 Å². The smallest absolute Gasteiger partial charge is 0.314 e. The van der Waals surface area contributed by atoms with Crippen LogP contribution in [-0.2, 0) is 12.8 Å². The molecule has 25 heavy (non-hydrogen) atoms. The first-order chi connectivity index (χ1) is 12.1. The SMILES string of the molecule is Cc1cc(C)cc(CCNC(=O)NCC(CO)Cc2ccccn2)c1. The molecule has 0 saturated carbocycles. The quantitative estimate of drug-likeness (QED) is 0.690. The van der Waals surface area contributed by atoms with Crippen LogP contribution in [0.25, 0.3) is 0 Å². The van der Waals surface area contributed by atoms with Crippen LogP contribution in [-0.4, -0.2) is 35.8 Å². The summed E-state index contributed by atoms with van der Waals surface area (Å²) in [4.78, 5) is 16.2. The number of carbonyl (C=O) groups excluding carboxylic acids is 1. The Balaban J connectivity index is 1.70. The standard InChI is InChI=1S/C20H27N3O2/c1-15-9-16(2)11-17(10-15)6-8-22-20(25)23-13-18(14-24)12-19-5-3-4-7-21-19/h3-5,7,9-11,18,24H,6,8,12-14H2,1-2H3,(H2,22,23,25). The fourth-order valence-corrected chi connectivity index (χ4v) is 2.85. The minimum atomic E-state index is -0.205. The molecule has 5 nitrogen and oxygen atoms in total. The number of hydrogen-bond acceptors (Lipinski definition) is 3. The summed E-state index contributed by atoms with van der Waals surface area (Å²) in [5, 5.41) is 15.2. The van der Waals surface area contributed by atoms with E-state index in [4.69, 9.17) is 0 Å². The molecule has 3 N–H and O–H groups in total. The minimum absolute atomic E-state index is 0.0133. The average molecular weight is 341 g/mol. The molecule has 1 unspecified atom stereocenters. The second-order valence-electron chi connectivity index (χ2n) is 6.46. The van der Waals surface area contributed by atoms with Gasteiger partial charge in [-0.15, -0.1) is 0 Å². The van der Waals surface area contributed by atoms with Gasteiger partial charge in [-0.25, -0.2) is 4.79 Å². The molecule has 2 aromatic rings. The summed E-state index contributed by atoms with van der Waals surface area (Å²) in [7, 11) is 0. The van der Waals surface area contributed by atoms with Gasteiger partial charge in [0.1, 0.15) is 0 Å². The predicted molar refractivity (Wildman–Crippen MR) is 99.5 cm³/mol. The molecule has 134 valence electrons. The highest BCUT2D eigenvalue weighted by Crippen LogP contribution is 2.09. The third-order valence-corrected chi connectivity index (χ3v) is 4.01. The van der Waals surface area contributed by atoms with Gasteiger partial charge in [0.15, 0.2) is 0 Å². The number of aromatic nitrogens is 1. The van der Waals surface area contributed by atoms with E-state index >= 15 is 0 Å². The Kier molecular flexibility index (Phi) is 7.41. The number of hydrogen-bond donors (Lipinski definition) is 3. The zero-order chi connectivity index (χ0) is 18.1. The number of aliphatic hydroxyl groups excluding tert-OH is 1. The van der Waals surface area contributed by atoms with Gasteiger partial charge < -0.3 is 15.7 Å². The summed E-state index contributed by atoms with van der Waals surface area (Å²) >= 11 is 0. The number of amides is 2. The lowest BCUT2D eigenvalue weighted by molar-refractivity contribution is 0.213. The zero-order valence-electron chi connectivity index (χ0n) is 15.0. The maximum Gasteiger partial charge on any atom is 0.314 e. The number of urea groups is 1. The van der Waals surface area contributed by atoms with Crippen molar-refractivity contribution in [2.24, 2.45) is 5.92 Å². The third-order valence-electron chi connectivity index (χ3n) is 4.01. The summed E-state index contributed by atoms with van der Waals surface area (Å²) in [6, 6.07) is 11.9. The first-order valence-corrected chi connectivity index (χ1v) is 8.66. The van der Waals surface area contributed by atoms with Gasteiger partial charge in [0.05, 0.1) is 0 Å². The molecule has 0 saturated heterocycles. The Labute approximate surface area is 149 Å². The van der Waals surface area contributed by atoms with E-state index in [2.05, 4.69) is 47.7 Å². The summed E-state index contributed by atoms with van der Waals surface area (Å²) in [6.07, 6.45) is 3.17. The Morgan fingerprint density at radius 3 is 2.56 bits per heavy atom. The number of pyridine rings is 1. The maximum atomic E-state index is 11.9. The number of nitrogens with zero attached hydrogens (tertiary/aromatic N) is 1. The third kappa shape index (κ3) is 6.93. The van der Waals surface area contributed by atoms with Gasteiger partial charge in [-0.3, -0.25) is 4.98 Å². The van der Waals surface area contributed by atoms with E-state index in [9.17, 15) is 9.90 Å². The summed E-state index contributed by atoms with van der Waals surface area (Å²) in [5.41, 5.74) is 4.61. The Hall–Kier alpha value is -2.40. The average Bonchev–Trinajstić information content (AvgIpc) is 2.58. The van der Waals surface area contributed by atoms with Crippen molar-refractivity contribution in [1.29, 1.82) is 0 Å². The van der Waals surface area contributed by atoms with Gasteiger partial charge in [0.25, 0.3) is 0 Å². The van der Waals surface area contributed by atoms with Crippen LogP contribution in [0, 0.1) is 19.8 Å². The molecule has 1 heterocycles. The minimum Gasteiger partial charge on any atom is -0.396 e. The molecule has 0 aliphatic heterocycles. The van der Waals surface area contributed by atoms with E-state index < -0.39 is 0 Å². The van der Waals surface area contributed by atoms with Crippen LogP contribution in [0.5, 0.6) is 0 Å². The fourth-order valence-electron chi connectivity index (χ4n) is 2.85. The normalized spacial score (nSPS) is 11.8. The van der Waals surface area contributed by atoms with Gasteiger partial charge in [-0.05, 0) is 44.4 Å². The number of carbonyl (C=O) groups is 1. The lowest BCUT2D eigenvalue weighted by atomic mass is 10.0. The highest BCUT2D eigenvalue weighted by molar-refractivity contribution is 5.73. The van der Waals surface area contributed by atoms with Crippen molar-refractivity contribution in [1.82, 2.24) is 15.6 Å². The molecule has 0 bridgehead atoms. The molecule has 5 heteroatoms. The molecule has 1 aromatic heterocycles. The van der Waals surface area contributed by atoms with Crippen LogP contribution in [0.2, 0.25) is 0 Å². The number of rotatable bonds is 8. The summed E-state index contributed by atoms with van der Waals surface area (Å²) in [5.74, 6) is -0.0416. The van der Waals surface area contributed by atoms with Crippen molar-refractivity contribution in [3.63, 3.8) is 0 Å². The predicted octanol–water partition coefficient (Wildman–Crippen LogP) is 2.39. The molecule has 2 rings (SSSR count). The second-order valence-corrected chi connectivity index (χ2v) is 6.46. The molecular weight excluding hydrogens is 314 g/mol. The second kappa shape index (κ2) is 9.79. The molecule has 2 amide bonds. The van der Waals surface area contributed by atoms with Gasteiger partial charge in [-0.2, -0.15) is 0 Å². The molecule has 0 aliphatic carbocycles. The number of aliphatic hydroxyl groups is 1. The topological polar surface area (TPSA) is 74.2 Å². The van der Waals surface area contributed by atoms with Gasteiger partial charge >= 0.3 is 6.03 Å².